The Morgan fingerprint density at radius 1 is 1.32 bits per heavy atom. The number of benzene rings is 1. The molecule has 0 saturated heterocycles. The highest BCUT2D eigenvalue weighted by Crippen LogP contribution is 2.30. The maximum absolute atomic E-state index is 9.16. The van der Waals surface area contributed by atoms with E-state index in [1.165, 1.54) is 6.07 Å². The maximum Gasteiger partial charge on any atom is 0.151 e. The van der Waals surface area contributed by atoms with Gasteiger partial charge in [0, 0.05) is 0 Å². The summed E-state index contributed by atoms with van der Waals surface area (Å²) in [4.78, 5) is 4.07. The Morgan fingerprint density at radius 3 is 2.74 bits per heavy atom. The minimum absolute atomic E-state index is 0.180. The van der Waals surface area contributed by atoms with Crippen LogP contribution in [0.3, 0.4) is 0 Å². The van der Waals surface area contributed by atoms with Gasteiger partial charge < -0.3 is 11.1 Å². The first-order valence-corrected chi connectivity index (χ1v) is 6.16. The second-order valence-corrected chi connectivity index (χ2v) is 4.73. The summed E-state index contributed by atoms with van der Waals surface area (Å²) in [5, 5.41) is 12.8. The van der Waals surface area contributed by atoms with Crippen LogP contribution in [0.2, 0.25) is 10.0 Å². The van der Waals surface area contributed by atoms with Crippen molar-refractivity contribution in [2.75, 3.05) is 11.1 Å². The molecule has 0 bridgehead atoms. The molecule has 1 aromatic carbocycles. The number of aromatic nitrogens is 1. The van der Waals surface area contributed by atoms with E-state index in [1.807, 2.05) is 19.1 Å². The lowest BCUT2D eigenvalue weighted by Gasteiger charge is -2.11. The first-order chi connectivity index (χ1) is 9.02. The maximum atomic E-state index is 9.16. The average Bonchev–Trinajstić information content (AvgIpc) is 2.36. The number of aryl methyl sites for hydroxylation is 1. The van der Waals surface area contributed by atoms with Crippen molar-refractivity contribution in [3.63, 3.8) is 0 Å². The zero-order valence-electron chi connectivity index (χ0n) is 10.0. The van der Waals surface area contributed by atoms with Gasteiger partial charge in [0.15, 0.2) is 5.82 Å². The number of nitrogens with one attached hydrogen (secondary N) is 1. The first-order valence-electron chi connectivity index (χ1n) is 5.41. The van der Waals surface area contributed by atoms with Crippen molar-refractivity contribution in [1.29, 1.82) is 5.26 Å². The van der Waals surface area contributed by atoms with E-state index in [4.69, 9.17) is 34.2 Å². The number of halogens is 2. The van der Waals surface area contributed by atoms with E-state index in [2.05, 4.69) is 16.4 Å². The highest BCUT2D eigenvalue weighted by atomic mass is 35.5. The molecule has 0 amide bonds. The number of hydrogen-bond acceptors (Lipinski definition) is 4. The minimum Gasteiger partial charge on any atom is -0.382 e. The Kier molecular flexibility index (Phi) is 3.79. The van der Waals surface area contributed by atoms with Crippen molar-refractivity contribution in [3.05, 3.63) is 45.4 Å². The van der Waals surface area contributed by atoms with E-state index in [-0.39, 0.29) is 5.82 Å². The molecule has 96 valence electrons. The second kappa shape index (κ2) is 5.35. The molecular formula is C13H10Cl2N4. The van der Waals surface area contributed by atoms with Gasteiger partial charge >= 0.3 is 0 Å². The molecule has 1 aromatic heterocycles. The number of nitriles is 1. The molecule has 0 atom stereocenters. The number of hydrogen-bond donors (Lipinski definition) is 2. The van der Waals surface area contributed by atoms with Gasteiger partial charge in [-0.1, -0.05) is 35.3 Å². The van der Waals surface area contributed by atoms with Gasteiger partial charge in [0.2, 0.25) is 0 Å². The number of nitrogens with two attached hydrogens (primary N) is 1. The standard InChI is InChI=1S/C13H10Cl2N4/c1-7-3-2-4-11(8(7)6-16)18-13-10(15)5-9(14)12(17)19-13/h2-5H,1H3,(H3,17,18,19). The molecule has 3 N–H and O–H groups in total. The van der Waals surface area contributed by atoms with Crippen LogP contribution in [0.4, 0.5) is 17.3 Å². The van der Waals surface area contributed by atoms with Gasteiger partial charge in [-0.2, -0.15) is 5.26 Å². The average molecular weight is 293 g/mol. The molecule has 1 heterocycles. The van der Waals surface area contributed by atoms with E-state index < -0.39 is 0 Å². The Hall–Kier alpha value is -1.96. The van der Waals surface area contributed by atoms with Crippen molar-refractivity contribution in [2.24, 2.45) is 0 Å². The fraction of sp³-hybridized carbons (Fsp3) is 0.0769. The lowest BCUT2D eigenvalue weighted by molar-refractivity contribution is 1.30. The van der Waals surface area contributed by atoms with E-state index in [0.29, 0.717) is 27.1 Å². The summed E-state index contributed by atoms with van der Waals surface area (Å²) in [6.07, 6.45) is 0. The quantitative estimate of drug-likeness (QED) is 0.880. The van der Waals surface area contributed by atoms with Crippen LogP contribution < -0.4 is 11.1 Å². The number of nitrogens with zero attached hydrogens (tertiary/aromatic N) is 2. The van der Waals surface area contributed by atoms with Gasteiger partial charge in [-0.25, -0.2) is 4.98 Å². The third kappa shape index (κ3) is 2.73. The van der Waals surface area contributed by atoms with Crippen LogP contribution in [0.15, 0.2) is 24.3 Å². The molecule has 0 radical (unpaired) electrons. The van der Waals surface area contributed by atoms with Crippen molar-refractivity contribution < 1.29 is 0 Å². The van der Waals surface area contributed by atoms with Gasteiger partial charge in [-0.05, 0) is 24.6 Å². The third-order valence-corrected chi connectivity index (χ3v) is 3.19. The SMILES string of the molecule is Cc1cccc(Nc2nc(N)c(Cl)cc2Cl)c1C#N. The van der Waals surface area contributed by atoms with E-state index >= 15 is 0 Å². The largest absolute Gasteiger partial charge is 0.382 e. The summed E-state index contributed by atoms with van der Waals surface area (Å²) >= 11 is 11.9. The van der Waals surface area contributed by atoms with Crippen molar-refractivity contribution in [2.45, 2.75) is 6.92 Å². The van der Waals surface area contributed by atoms with Crippen molar-refractivity contribution in [3.8, 4) is 6.07 Å². The fourth-order valence-electron chi connectivity index (χ4n) is 1.62. The summed E-state index contributed by atoms with van der Waals surface area (Å²) in [6.45, 7) is 1.86. The fourth-order valence-corrected chi connectivity index (χ4v) is 2.02. The van der Waals surface area contributed by atoms with Crippen LogP contribution in [0.5, 0.6) is 0 Å². The molecule has 0 aliphatic rings. The highest BCUT2D eigenvalue weighted by Gasteiger charge is 2.10. The molecule has 2 aromatic rings. The number of rotatable bonds is 2. The summed E-state index contributed by atoms with van der Waals surface area (Å²) < 4.78 is 0. The van der Waals surface area contributed by atoms with Crippen LogP contribution in [0.25, 0.3) is 0 Å². The van der Waals surface area contributed by atoms with E-state index in [1.54, 1.807) is 6.07 Å². The minimum atomic E-state index is 0.180. The van der Waals surface area contributed by atoms with Crippen LogP contribution in [0.1, 0.15) is 11.1 Å². The van der Waals surface area contributed by atoms with Gasteiger partial charge in [-0.3, -0.25) is 0 Å². The molecule has 0 saturated carbocycles. The first kappa shape index (κ1) is 13.5. The molecule has 0 aliphatic heterocycles. The van der Waals surface area contributed by atoms with Crippen LogP contribution in [0, 0.1) is 18.3 Å². The molecule has 0 aliphatic carbocycles. The smallest absolute Gasteiger partial charge is 0.151 e. The van der Waals surface area contributed by atoms with Gasteiger partial charge in [0.05, 0.1) is 21.3 Å². The zero-order chi connectivity index (χ0) is 14.0. The monoisotopic (exact) mass is 292 g/mol. The lowest BCUT2D eigenvalue weighted by Crippen LogP contribution is -2.01. The van der Waals surface area contributed by atoms with Gasteiger partial charge in [0.25, 0.3) is 0 Å². The van der Waals surface area contributed by atoms with Crippen LogP contribution in [-0.2, 0) is 0 Å². The highest BCUT2D eigenvalue weighted by molar-refractivity contribution is 6.37. The summed E-state index contributed by atoms with van der Waals surface area (Å²) in [5.41, 5.74) is 7.66. The number of pyridine rings is 1. The molecule has 6 heteroatoms. The van der Waals surface area contributed by atoms with E-state index in [0.717, 1.165) is 5.56 Å². The van der Waals surface area contributed by atoms with Gasteiger partial charge in [0.1, 0.15) is 11.9 Å². The predicted octanol–water partition coefficient (Wildman–Crippen LogP) is 3.89. The number of nitrogen functional groups attached to an aromatic ring is 1. The predicted molar refractivity (Wildman–Crippen MR) is 77.8 cm³/mol. The Morgan fingerprint density at radius 2 is 2.05 bits per heavy atom. The van der Waals surface area contributed by atoms with E-state index in [9.17, 15) is 0 Å². The normalized spacial score (nSPS) is 10.0. The van der Waals surface area contributed by atoms with Gasteiger partial charge in [-0.15, -0.1) is 0 Å². The molecule has 0 unspecified atom stereocenters. The molecule has 4 nitrogen and oxygen atoms in total. The van der Waals surface area contributed by atoms with Crippen LogP contribution in [-0.4, -0.2) is 4.98 Å². The Labute approximate surface area is 120 Å². The topological polar surface area (TPSA) is 74.7 Å². The Balaban J connectivity index is 2.45. The van der Waals surface area contributed by atoms with Crippen molar-refractivity contribution in [1.82, 2.24) is 4.98 Å². The van der Waals surface area contributed by atoms with Crippen molar-refractivity contribution >= 4 is 40.5 Å². The third-order valence-electron chi connectivity index (χ3n) is 2.59. The Bertz CT molecular complexity index is 677. The summed E-state index contributed by atoms with van der Waals surface area (Å²) in [5.74, 6) is 0.547. The molecule has 19 heavy (non-hydrogen) atoms. The summed E-state index contributed by atoms with van der Waals surface area (Å²) in [6, 6.07) is 9.12. The molecule has 2 rings (SSSR count). The second-order valence-electron chi connectivity index (χ2n) is 3.92. The molecule has 0 fully saturated rings. The lowest BCUT2D eigenvalue weighted by atomic mass is 10.1. The summed E-state index contributed by atoms with van der Waals surface area (Å²) in [7, 11) is 0. The zero-order valence-corrected chi connectivity index (χ0v) is 11.5. The molecular weight excluding hydrogens is 283 g/mol. The number of anilines is 3. The molecule has 0 spiro atoms. The van der Waals surface area contributed by atoms with Crippen LogP contribution >= 0.6 is 23.2 Å².